The van der Waals surface area contributed by atoms with Gasteiger partial charge in [0.1, 0.15) is 5.82 Å². The zero-order chi connectivity index (χ0) is 21.1. The minimum absolute atomic E-state index is 0.0324. The summed E-state index contributed by atoms with van der Waals surface area (Å²) in [5, 5.41) is 5.21. The highest BCUT2D eigenvalue weighted by Crippen LogP contribution is 2.30. The highest BCUT2D eigenvalue weighted by Gasteiger charge is 2.26. The smallest absolute Gasteiger partial charge is 0.254 e. The van der Waals surface area contributed by atoms with E-state index in [-0.39, 0.29) is 23.9 Å². The van der Waals surface area contributed by atoms with E-state index >= 15 is 0 Å². The summed E-state index contributed by atoms with van der Waals surface area (Å²) in [6, 6.07) is 12.6. The summed E-state index contributed by atoms with van der Waals surface area (Å²) in [7, 11) is 0. The van der Waals surface area contributed by atoms with Gasteiger partial charge in [0.25, 0.3) is 5.56 Å². The molecule has 0 bridgehead atoms. The first-order chi connectivity index (χ1) is 14.5. The minimum Gasteiger partial charge on any atom is -0.354 e. The van der Waals surface area contributed by atoms with Crippen molar-refractivity contribution in [2.75, 3.05) is 13.1 Å². The predicted octanol–water partition coefficient (Wildman–Crippen LogP) is 2.91. The number of aromatic amines is 1. The van der Waals surface area contributed by atoms with Gasteiger partial charge in [0, 0.05) is 35.8 Å². The summed E-state index contributed by atoms with van der Waals surface area (Å²) in [5.41, 5.74) is 3.35. The van der Waals surface area contributed by atoms with Gasteiger partial charge in [-0.25, -0.2) is 4.98 Å². The largest absolute Gasteiger partial charge is 0.354 e. The summed E-state index contributed by atoms with van der Waals surface area (Å²) in [6.07, 6.45) is 1.07. The number of carbonyl (C=O) groups is 1. The standard InChI is InChI=1S/C23H26N4O2S/c1-15-19(23(29)26-16(2)25-15)12-22(28)24-13-20(17-6-4-3-5-7-17)27-10-8-21-18(14-27)9-11-30-21/h3-7,9,11,20H,8,10,12-14H2,1-2H3,(H,24,28)(H,25,26,29)/t20-/m1/s1. The fraction of sp³-hybridized carbons (Fsp3) is 0.348. The van der Waals surface area contributed by atoms with Gasteiger partial charge in [-0.15, -0.1) is 11.3 Å². The van der Waals surface area contributed by atoms with Crippen LogP contribution in [0.1, 0.15) is 39.1 Å². The van der Waals surface area contributed by atoms with Crippen LogP contribution in [-0.4, -0.2) is 33.9 Å². The first-order valence-electron chi connectivity index (χ1n) is 10.2. The topological polar surface area (TPSA) is 78.1 Å². The van der Waals surface area contributed by atoms with Crippen LogP contribution in [0.2, 0.25) is 0 Å². The maximum Gasteiger partial charge on any atom is 0.254 e. The molecule has 0 fully saturated rings. The second-order valence-electron chi connectivity index (χ2n) is 7.71. The second-order valence-corrected chi connectivity index (χ2v) is 8.71. The lowest BCUT2D eigenvalue weighted by Crippen LogP contribution is -2.41. The number of aromatic nitrogens is 2. The van der Waals surface area contributed by atoms with Gasteiger partial charge in [-0.05, 0) is 42.8 Å². The average molecular weight is 423 g/mol. The van der Waals surface area contributed by atoms with E-state index in [9.17, 15) is 9.59 Å². The zero-order valence-corrected chi connectivity index (χ0v) is 18.1. The molecule has 0 saturated carbocycles. The van der Waals surface area contributed by atoms with Crippen LogP contribution in [0.25, 0.3) is 0 Å². The molecule has 6 nitrogen and oxygen atoms in total. The van der Waals surface area contributed by atoms with Gasteiger partial charge >= 0.3 is 0 Å². The van der Waals surface area contributed by atoms with E-state index in [2.05, 4.69) is 43.8 Å². The maximum atomic E-state index is 12.7. The molecule has 0 unspecified atom stereocenters. The molecular formula is C23H26N4O2S. The van der Waals surface area contributed by atoms with Gasteiger partial charge in [-0.3, -0.25) is 14.5 Å². The Labute approximate surface area is 180 Å². The van der Waals surface area contributed by atoms with Gasteiger partial charge in [0.2, 0.25) is 5.91 Å². The fourth-order valence-electron chi connectivity index (χ4n) is 4.06. The Balaban J connectivity index is 1.48. The third-order valence-electron chi connectivity index (χ3n) is 5.63. The van der Waals surface area contributed by atoms with Crippen LogP contribution in [0.15, 0.2) is 46.6 Å². The van der Waals surface area contributed by atoms with Crippen molar-refractivity contribution in [3.8, 4) is 0 Å². The van der Waals surface area contributed by atoms with E-state index in [1.165, 1.54) is 16.0 Å². The summed E-state index contributed by atoms with van der Waals surface area (Å²) >= 11 is 1.82. The highest BCUT2D eigenvalue weighted by molar-refractivity contribution is 7.10. The van der Waals surface area contributed by atoms with Crippen LogP contribution >= 0.6 is 11.3 Å². The number of nitrogens with one attached hydrogen (secondary N) is 2. The summed E-state index contributed by atoms with van der Waals surface area (Å²) in [5.74, 6) is 0.395. The Morgan fingerprint density at radius 2 is 2.07 bits per heavy atom. The number of carbonyl (C=O) groups excluding carboxylic acids is 1. The molecule has 2 aromatic heterocycles. The SMILES string of the molecule is Cc1nc(C)c(CC(=O)NC[C@H](c2ccccc2)N2CCc3sccc3C2)c(=O)[nH]1. The molecule has 4 rings (SSSR count). The van der Waals surface area contributed by atoms with Crippen LogP contribution in [0.5, 0.6) is 0 Å². The van der Waals surface area contributed by atoms with Crippen LogP contribution in [0, 0.1) is 13.8 Å². The molecule has 0 radical (unpaired) electrons. The Morgan fingerprint density at radius 1 is 1.27 bits per heavy atom. The number of hydrogen-bond donors (Lipinski definition) is 2. The summed E-state index contributed by atoms with van der Waals surface area (Å²) in [6.45, 7) is 5.85. The lowest BCUT2D eigenvalue weighted by atomic mass is 10.0. The number of fused-ring (bicyclic) bond motifs is 1. The number of hydrogen-bond acceptors (Lipinski definition) is 5. The molecule has 2 N–H and O–H groups in total. The van der Waals surface area contributed by atoms with Crippen LogP contribution in [0.3, 0.4) is 0 Å². The van der Waals surface area contributed by atoms with Crippen molar-refractivity contribution < 1.29 is 4.79 Å². The van der Waals surface area contributed by atoms with Crippen molar-refractivity contribution in [1.29, 1.82) is 0 Å². The number of thiophene rings is 1. The van der Waals surface area contributed by atoms with E-state index in [1.807, 2.05) is 29.5 Å². The molecule has 7 heteroatoms. The number of H-pyrrole nitrogens is 1. The van der Waals surface area contributed by atoms with Crippen molar-refractivity contribution in [1.82, 2.24) is 20.2 Å². The van der Waals surface area contributed by atoms with E-state index in [0.29, 0.717) is 23.6 Å². The van der Waals surface area contributed by atoms with Gasteiger partial charge in [-0.2, -0.15) is 0 Å². The number of nitrogens with zero attached hydrogens (tertiary/aromatic N) is 2. The Kier molecular flexibility index (Phi) is 6.11. The summed E-state index contributed by atoms with van der Waals surface area (Å²) < 4.78 is 0. The molecule has 1 atom stereocenters. The lowest BCUT2D eigenvalue weighted by molar-refractivity contribution is -0.120. The third kappa shape index (κ3) is 4.52. The highest BCUT2D eigenvalue weighted by atomic mass is 32.1. The number of benzene rings is 1. The maximum absolute atomic E-state index is 12.7. The van der Waals surface area contributed by atoms with Crippen molar-refractivity contribution >= 4 is 17.2 Å². The normalized spacial score (nSPS) is 14.9. The molecule has 1 aliphatic rings. The molecule has 3 heterocycles. The van der Waals surface area contributed by atoms with Gasteiger partial charge in [-0.1, -0.05) is 30.3 Å². The Hall–Kier alpha value is -2.77. The van der Waals surface area contributed by atoms with Crippen molar-refractivity contribution in [3.63, 3.8) is 0 Å². The van der Waals surface area contributed by atoms with Crippen LogP contribution in [0.4, 0.5) is 0 Å². The molecule has 1 aliphatic heterocycles. The average Bonchev–Trinajstić information content (AvgIpc) is 3.19. The molecular weight excluding hydrogens is 396 g/mol. The molecule has 3 aromatic rings. The number of aryl methyl sites for hydroxylation is 2. The molecule has 1 amide bonds. The quantitative estimate of drug-likeness (QED) is 0.640. The van der Waals surface area contributed by atoms with E-state index in [0.717, 1.165) is 19.5 Å². The van der Waals surface area contributed by atoms with E-state index in [4.69, 9.17) is 0 Å². The minimum atomic E-state index is -0.240. The molecule has 0 spiro atoms. The molecule has 1 aromatic carbocycles. The van der Waals surface area contributed by atoms with Crippen molar-refractivity contribution in [3.05, 3.63) is 85.2 Å². The zero-order valence-electron chi connectivity index (χ0n) is 17.3. The molecule has 0 saturated heterocycles. The fourth-order valence-corrected chi connectivity index (χ4v) is 4.95. The Morgan fingerprint density at radius 3 is 2.83 bits per heavy atom. The second kappa shape index (κ2) is 8.93. The molecule has 156 valence electrons. The lowest BCUT2D eigenvalue weighted by Gasteiger charge is -2.35. The van der Waals surface area contributed by atoms with Gasteiger partial charge in [0.05, 0.1) is 12.5 Å². The molecule has 0 aliphatic carbocycles. The van der Waals surface area contributed by atoms with Crippen LogP contribution in [-0.2, 0) is 24.2 Å². The van der Waals surface area contributed by atoms with Crippen molar-refractivity contribution in [2.45, 2.75) is 39.3 Å². The predicted molar refractivity (Wildman–Crippen MR) is 119 cm³/mol. The first-order valence-corrected chi connectivity index (χ1v) is 11.1. The van der Waals surface area contributed by atoms with Gasteiger partial charge in [0.15, 0.2) is 0 Å². The first kappa shape index (κ1) is 20.5. The van der Waals surface area contributed by atoms with Crippen molar-refractivity contribution in [2.24, 2.45) is 0 Å². The third-order valence-corrected chi connectivity index (χ3v) is 6.66. The van der Waals surface area contributed by atoms with E-state index in [1.54, 1.807) is 13.8 Å². The van der Waals surface area contributed by atoms with Crippen LogP contribution < -0.4 is 10.9 Å². The number of amides is 1. The number of rotatable bonds is 6. The van der Waals surface area contributed by atoms with E-state index < -0.39 is 0 Å². The Bertz CT molecular complexity index is 1090. The monoisotopic (exact) mass is 422 g/mol. The van der Waals surface area contributed by atoms with Gasteiger partial charge < -0.3 is 10.3 Å². The molecule has 30 heavy (non-hydrogen) atoms. The summed E-state index contributed by atoms with van der Waals surface area (Å²) in [4.78, 5) is 35.7.